The maximum Gasteiger partial charge on any atom is 0.338 e. The number of hydrazine groups is 1. The number of anilines is 1. The standard InChI is InChI=1S/C23H24N4O5S/c1-3-32-22(31)17-9-11-18(12-10-17)24-20(29)13-19-21(30)26(14-16-7-5-4-6-8-16)23(33)27(19)25-15(2)28/h4-12,19H,3,13-14H2,1-2H3,(H,24,29)(H,25,28). The number of carbonyl (C=O) groups is 4. The molecular formula is C23H24N4O5S. The average Bonchev–Trinajstić information content (AvgIpc) is 2.99. The molecule has 1 aliphatic heterocycles. The minimum atomic E-state index is -0.982. The highest BCUT2D eigenvalue weighted by molar-refractivity contribution is 7.80. The van der Waals surface area contributed by atoms with Gasteiger partial charge in [0.05, 0.1) is 25.1 Å². The summed E-state index contributed by atoms with van der Waals surface area (Å²) in [6.45, 7) is 3.51. The van der Waals surface area contributed by atoms with Gasteiger partial charge in [0.1, 0.15) is 6.04 Å². The van der Waals surface area contributed by atoms with Crippen LogP contribution in [0.4, 0.5) is 5.69 Å². The van der Waals surface area contributed by atoms with Crippen molar-refractivity contribution in [1.29, 1.82) is 0 Å². The van der Waals surface area contributed by atoms with Crippen LogP contribution >= 0.6 is 12.2 Å². The molecule has 3 rings (SSSR count). The van der Waals surface area contributed by atoms with Crippen LogP contribution in [-0.2, 0) is 25.7 Å². The Hall–Kier alpha value is -3.79. The first kappa shape index (κ1) is 23.9. The molecular weight excluding hydrogens is 444 g/mol. The van der Waals surface area contributed by atoms with E-state index in [2.05, 4.69) is 10.7 Å². The second kappa shape index (κ2) is 10.7. The zero-order valence-electron chi connectivity index (χ0n) is 18.2. The Labute approximate surface area is 196 Å². The van der Waals surface area contributed by atoms with Gasteiger partial charge < -0.3 is 10.1 Å². The van der Waals surface area contributed by atoms with Crippen molar-refractivity contribution in [2.75, 3.05) is 11.9 Å². The lowest BCUT2D eigenvalue weighted by atomic mass is 10.1. The van der Waals surface area contributed by atoms with Crippen LogP contribution in [0.5, 0.6) is 0 Å². The van der Waals surface area contributed by atoms with Gasteiger partial charge in [0, 0.05) is 12.6 Å². The Morgan fingerprint density at radius 2 is 1.73 bits per heavy atom. The van der Waals surface area contributed by atoms with Crippen LogP contribution in [0.3, 0.4) is 0 Å². The van der Waals surface area contributed by atoms with Crippen molar-refractivity contribution in [3.63, 3.8) is 0 Å². The van der Waals surface area contributed by atoms with E-state index in [0.29, 0.717) is 11.3 Å². The third-order valence-corrected chi connectivity index (χ3v) is 5.24. The minimum Gasteiger partial charge on any atom is -0.462 e. The lowest BCUT2D eigenvalue weighted by molar-refractivity contribution is -0.132. The highest BCUT2D eigenvalue weighted by Crippen LogP contribution is 2.22. The third-order valence-electron chi connectivity index (χ3n) is 4.82. The van der Waals surface area contributed by atoms with Gasteiger partial charge in [-0.2, -0.15) is 0 Å². The predicted molar refractivity (Wildman–Crippen MR) is 125 cm³/mol. The second-order valence-corrected chi connectivity index (χ2v) is 7.66. The molecule has 9 nitrogen and oxygen atoms in total. The number of rotatable bonds is 8. The summed E-state index contributed by atoms with van der Waals surface area (Å²) in [4.78, 5) is 50.6. The predicted octanol–water partition coefficient (Wildman–Crippen LogP) is 2.24. The quantitative estimate of drug-likeness (QED) is 0.452. The number of thiocarbonyl (C=S) groups is 1. The molecule has 1 saturated heterocycles. The molecule has 2 aromatic carbocycles. The van der Waals surface area contributed by atoms with Gasteiger partial charge in [-0.15, -0.1) is 0 Å². The molecule has 0 bridgehead atoms. The van der Waals surface area contributed by atoms with Crippen LogP contribution in [0.25, 0.3) is 0 Å². The monoisotopic (exact) mass is 468 g/mol. The lowest BCUT2D eigenvalue weighted by Crippen LogP contribution is -2.49. The molecule has 1 unspecified atom stereocenters. The Kier molecular flexibility index (Phi) is 7.73. The number of hydrogen-bond acceptors (Lipinski definition) is 6. The maximum absolute atomic E-state index is 13.1. The zero-order chi connectivity index (χ0) is 24.0. The second-order valence-electron chi connectivity index (χ2n) is 7.30. The van der Waals surface area contributed by atoms with E-state index in [9.17, 15) is 19.2 Å². The molecule has 10 heteroatoms. The highest BCUT2D eigenvalue weighted by atomic mass is 32.1. The molecule has 3 amide bonds. The fourth-order valence-electron chi connectivity index (χ4n) is 3.33. The van der Waals surface area contributed by atoms with E-state index < -0.39 is 23.8 Å². The van der Waals surface area contributed by atoms with Gasteiger partial charge in [-0.3, -0.25) is 24.7 Å². The fraction of sp³-hybridized carbons (Fsp3) is 0.261. The molecule has 1 heterocycles. The third kappa shape index (κ3) is 5.92. The van der Waals surface area contributed by atoms with Crippen molar-refractivity contribution in [2.45, 2.75) is 32.9 Å². The summed E-state index contributed by atoms with van der Waals surface area (Å²) in [5.74, 6) is -1.70. The number of esters is 1. The summed E-state index contributed by atoms with van der Waals surface area (Å²) in [6.07, 6.45) is -0.232. The Bertz CT molecular complexity index is 1060. The van der Waals surface area contributed by atoms with E-state index in [-0.39, 0.29) is 30.6 Å². The van der Waals surface area contributed by atoms with E-state index in [1.54, 1.807) is 19.1 Å². The molecule has 1 aliphatic rings. The Morgan fingerprint density at radius 1 is 1.06 bits per heavy atom. The number of benzene rings is 2. The molecule has 0 spiro atoms. The molecule has 2 aromatic rings. The van der Waals surface area contributed by atoms with Gasteiger partial charge in [-0.25, -0.2) is 9.80 Å². The van der Waals surface area contributed by atoms with Crippen molar-refractivity contribution in [1.82, 2.24) is 15.3 Å². The van der Waals surface area contributed by atoms with Gasteiger partial charge in [0.15, 0.2) is 5.11 Å². The molecule has 0 aromatic heterocycles. The van der Waals surface area contributed by atoms with Gasteiger partial charge >= 0.3 is 5.97 Å². The van der Waals surface area contributed by atoms with Gasteiger partial charge in [-0.1, -0.05) is 30.3 Å². The van der Waals surface area contributed by atoms with Crippen molar-refractivity contribution in [3.8, 4) is 0 Å². The Balaban J connectivity index is 1.70. The molecule has 1 fully saturated rings. The maximum atomic E-state index is 13.1. The molecule has 2 N–H and O–H groups in total. The van der Waals surface area contributed by atoms with E-state index in [1.807, 2.05) is 30.3 Å². The van der Waals surface area contributed by atoms with Crippen molar-refractivity contribution >= 4 is 46.7 Å². The molecule has 0 saturated carbocycles. The molecule has 33 heavy (non-hydrogen) atoms. The summed E-state index contributed by atoms with van der Waals surface area (Å²) in [5, 5.41) is 4.07. The number of hydrogen-bond donors (Lipinski definition) is 2. The fourth-order valence-corrected chi connectivity index (χ4v) is 3.65. The molecule has 0 aliphatic carbocycles. The zero-order valence-corrected chi connectivity index (χ0v) is 19.1. The van der Waals surface area contributed by atoms with Gasteiger partial charge in [0.25, 0.3) is 5.91 Å². The lowest BCUT2D eigenvalue weighted by Gasteiger charge is -2.23. The first-order chi connectivity index (χ1) is 15.8. The Morgan fingerprint density at radius 3 is 2.33 bits per heavy atom. The summed E-state index contributed by atoms with van der Waals surface area (Å²) in [5.41, 5.74) is 4.22. The topological polar surface area (TPSA) is 108 Å². The molecule has 1 atom stereocenters. The van der Waals surface area contributed by atoms with Crippen LogP contribution in [0.1, 0.15) is 36.2 Å². The first-order valence-electron chi connectivity index (χ1n) is 10.3. The van der Waals surface area contributed by atoms with Gasteiger partial charge in [0.2, 0.25) is 11.8 Å². The smallest absolute Gasteiger partial charge is 0.338 e. The number of ether oxygens (including phenoxy) is 1. The number of carbonyl (C=O) groups excluding carboxylic acids is 4. The average molecular weight is 469 g/mol. The first-order valence-corrected chi connectivity index (χ1v) is 10.7. The summed E-state index contributed by atoms with van der Waals surface area (Å²) < 4.78 is 4.93. The summed E-state index contributed by atoms with van der Waals surface area (Å²) >= 11 is 5.42. The SMILES string of the molecule is CCOC(=O)c1ccc(NC(=O)CC2C(=O)N(Cc3ccccc3)C(=S)N2NC(C)=O)cc1. The van der Waals surface area contributed by atoms with E-state index in [4.69, 9.17) is 17.0 Å². The van der Waals surface area contributed by atoms with Crippen LogP contribution in [-0.4, -0.2) is 51.4 Å². The number of amides is 3. The van der Waals surface area contributed by atoms with Crippen LogP contribution < -0.4 is 10.7 Å². The van der Waals surface area contributed by atoms with Crippen molar-refractivity contribution < 1.29 is 23.9 Å². The van der Waals surface area contributed by atoms with E-state index >= 15 is 0 Å². The summed E-state index contributed by atoms with van der Waals surface area (Å²) in [6, 6.07) is 14.5. The summed E-state index contributed by atoms with van der Waals surface area (Å²) in [7, 11) is 0. The number of nitrogens with one attached hydrogen (secondary N) is 2. The van der Waals surface area contributed by atoms with Crippen LogP contribution in [0.15, 0.2) is 54.6 Å². The minimum absolute atomic E-state index is 0.121. The van der Waals surface area contributed by atoms with E-state index in [0.717, 1.165) is 5.56 Å². The normalized spacial score (nSPS) is 15.4. The molecule has 0 radical (unpaired) electrons. The van der Waals surface area contributed by atoms with Crippen molar-refractivity contribution in [3.05, 3.63) is 65.7 Å². The number of nitrogens with zero attached hydrogens (tertiary/aromatic N) is 2. The molecule has 172 valence electrons. The van der Waals surface area contributed by atoms with Crippen molar-refractivity contribution in [2.24, 2.45) is 0 Å². The van der Waals surface area contributed by atoms with Crippen LogP contribution in [0, 0.1) is 0 Å². The highest BCUT2D eigenvalue weighted by Gasteiger charge is 2.44. The van der Waals surface area contributed by atoms with Crippen LogP contribution in [0.2, 0.25) is 0 Å². The largest absolute Gasteiger partial charge is 0.462 e. The van der Waals surface area contributed by atoms with E-state index in [1.165, 1.54) is 29.0 Å². The van der Waals surface area contributed by atoms with Gasteiger partial charge in [-0.05, 0) is 49.0 Å².